The van der Waals surface area contributed by atoms with Crippen molar-refractivity contribution in [3.05, 3.63) is 55.9 Å². The number of nitrogens with zero attached hydrogens (tertiary/aromatic N) is 2. The Kier molecular flexibility index (Phi) is 5.17. The Morgan fingerprint density at radius 2 is 2.15 bits per heavy atom. The largest absolute Gasteiger partial charge is 0.394 e. The molecule has 1 aromatic heterocycles. The molecular formula is C13H13BrClN3O2. The van der Waals surface area contributed by atoms with E-state index in [1.165, 1.54) is 6.20 Å². The first-order valence-corrected chi connectivity index (χ1v) is 7.14. The summed E-state index contributed by atoms with van der Waals surface area (Å²) in [7, 11) is 0. The van der Waals surface area contributed by atoms with Crippen molar-refractivity contribution in [3.8, 4) is 0 Å². The molecule has 1 heterocycles. The van der Waals surface area contributed by atoms with E-state index in [1.54, 1.807) is 0 Å². The lowest BCUT2D eigenvalue weighted by Gasteiger charge is -2.10. The summed E-state index contributed by atoms with van der Waals surface area (Å²) >= 11 is 9.46. The van der Waals surface area contributed by atoms with Crippen LogP contribution < -0.4 is 10.9 Å². The summed E-state index contributed by atoms with van der Waals surface area (Å²) < 4.78 is 2.11. The highest BCUT2D eigenvalue weighted by Gasteiger charge is 2.09. The molecule has 0 amide bonds. The Labute approximate surface area is 129 Å². The second-order valence-electron chi connectivity index (χ2n) is 4.07. The number of hydrogen-bond acceptors (Lipinski definition) is 4. The summed E-state index contributed by atoms with van der Waals surface area (Å²) in [6.07, 6.45) is 1.48. The number of rotatable bonds is 5. The third-order valence-corrected chi connectivity index (χ3v) is 3.86. The fourth-order valence-electron chi connectivity index (χ4n) is 1.67. The van der Waals surface area contributed by atoms with Gasteiger partial charge in [0, 0.05) is 11.0 Å². The smallest absolute Gasteiger partial charge is 0.287 e. The molecule has 106 valence electrons. The Bertz CT molecular complexity index is 660. The Balaban J connectivity index is 2.17. The van der Waals surface area contributed by atoms with Gasteiger partial charge in [0.05, 0.1) is 25.0 Å². The molecule has 2 rings (SSSR count). The lowest BCUT2D eigenvalue weighted by Crippen LogP contribution is -2.25. The standard InChI is InChI=1S/C13H13BrClN3O2/c14-10-4-2-1-3-9(10)7-16-11-8-17-18(5-6-19)13(20)12(11)15/h1-4,8,16,19H,5-7H2. The van der Waals surface area contributed by atoms with E-state index in [0.29, 0.717) is 12.2 Å². The highest BCUT2D eigenvalue weighted by Crippen LogP contribution is 2.20. The summed E-state index contributed by atoms with van der Waals surface area (Å²) in [5.74, 6) is 0. The van der Waals surface area contributed by atoms with Crippen molar-refractivity contribution in [2.45, 2.75) is 13.1 Å². The van der Waals surface area contributed by atoms with E-state index in [0.717, 1.165) is 14.7 Å². The van der Waals surface area contributed by atoms with E-state index in [2.05, 4.69) is 26.3 Å². The molecule has 0 fully saturated rings. The van der Waals surface area contributed by atoms with Crippen LogP contribution in [0.15, 0.2) is 39.7 Å². The van der Waals surface area contributed by atoms with Crippen molar-refractivity contribution >= 4 is 33.2 Å². The van der Waals surface area contributed by atoms with Gasteiger partial charge in [0.25, 0.3) is 5.56 Å². The number of aromatic nitrogens is 2. The lowest BCUT2D eigenvalue weighted by atomic mass is 10.2. The van der Waals surface area contributed by atoms with Gasteiger partial charge in [-0.25, -0.2) is 4.68 Å². The fourth-order valence-corrected chi connectivity index (χ4v) is 2.31. The normalized spacial score (nSPS) is 10.6. The van der Waals surface area contributed by atoms with Crippen LogP contribution in [0, 0.1) is 0 Å². The van der Waals surface area contributed by atoms with E-state index in [4.69, 9.17) is 16.7 Å². The number of nitrogens with one attached hydrogen (secondary N) is 1. The molecule has 0 radical (unpaired) electrons. The Morgan fingerprint density at radius 3 is 2.85 bits per heavy atom. The SMILES string of the molecule is O=c1c(Cl)c(NCc2ccccc2Br)cnn1CCO. The predicted molar refractivity (Wildman–Crippen MR) is 82.1 cm³/mol. The van der Waals surface area contributed by atoms with Crippen LogP contribution in [0.4, 0.5) is 5.69 Å². The van der Waals surface area contributed by atoms with Crippen molar-refractivity contribution in [2.75, 3.05) is 11.9 Å². The first kappa shape index (κ1) is 15.0. The van der Waals surface area contributed by atoms with Gasteiger partial charge >= 0.3 is 0 Å². The number of aliphatic hydroxyl groups is 1. The Hall–Kier alpha value is -1.37. The van der Waals surface area contributed by atoms with Gasteiger partial charge in [-0.2, -0.15) is 5.10 Å². The average Bonchev–Trinajstić information content (AvgIpc) is 2.45. The highest BCUT2D eigenvalue weighted by molar-refractivity contribution is 9.10. The van der Waals surface area contributed by atoms with Gasteiger partial charge in [-0.15, -0.1) is 0 Å². The summed E-state index contributed by atoms with van der Waals surface area (Å²) in [5, 5.41) is 15.9. The molecule has 0 atom stereocenters. The minimum absolute atomic E-state index is 0.0699. The number of anilines is 1. The quantitative estimate of drug-likeness (QED) is 0.860. The Morgan fingerprint density at radius 1 is 1.40 bits per heavy atom. The number of benzene rings is 1. The first-order valence-electron chi connectivity index (χ1n) is 5.97. The third kappa shape index (κ3) is 3.39. The van der Waals surface area contributed by atoms with E-state index in [-0.39, 0.29) is 18.2 Å². The van der Waals surface area contributed by atoms with Crippen LogP contribution in [0.2, 0.25) is 5.02 Å². The maximum Gasteiger partial charge on any atom is 0.287 e. The summed E-state index contributed by atoms with van der Waals surface area (Å²) in [4.78, 5) is 11.9. The monoisotopic (exact) mass is 357 g/mol. The summed E-state index contributed by atoms with van der Waals surface area (Å²) in [6.45, 7) is 0.488. The molecule has 0 aliphatic heterocycles. The van der Waals surface area contributed by atoms with Crippen LogP contribution >= 0.6 is 27.5 Å². The van der Waals surface area contributed by atoms with Crippen LogP contribution in [0.25, 0.3) is 0 Å². The molecule has 0 saturated heterocycles. The van der Waals surface area contributed by atoms with Gasteiger partial charge in [0.2, 0.25) is 0 Å². The maximum atomic E-state index is 11.9. The second-order valence-corrected chi connectivity index (χ2v) is 5.30. The average molecular weight is 359 g/mol. The van der Waals surface area contributed by atoms with E-state index < -0.39 is 5.56 Å². The molecule has 0 unspecified atom stereocenters. The summed E-state index contributed by atoms with van der Waals surface area (Å²) in [6, 6.07) is 7.76. The zero-order valence-electron chi connectivity index (χ0n) is 10.5. The molecule has 2 aromatic rings. The third-order valence-electron chi connectivity index (χ3n) is 2.72. The molecule has 0 aliphatic rings. The van der Waals surface area contributed by atoms with Gasteiger partial charge in [0.1, 0.15) is 5.02 Å². The molecule has 7 heteroatoms. The molecule has 5 nitrogen and oxygen atoms in total. The maximum absolute atomic E-state index is 11.9. The number of aliphatic hydroxyl groups excluding tert-OH is 1. The lowest BCUT2D eigenvalue weighted by molar-refractivity contribution is 0.266. The highest BCUT2D eigenvalue weighted by atomic mass is 79.9. The minimum Gasteiger partial charge on any atom is -0.394 e. The van der Waals surface area contributed by atoms with Crippen LogP contribution in [0.1, 0.15) is 5.56 Å². The van der Waals surface area contributed by atoms with Gasteiger partial charge in [-0.1, -0.05) is 45.7 Å². The van der Waals surface area contributed by atoms with Crippen LogP contribution in [-0.2, 0) is 13.1 Å². The zero-order valence-corrected chi connectivity index (χ0v) is 12.9. The van der Waals surface area contributed by atoms with Gasteiger partial charge in [0.15, 0.2) is 0 Å². The molecule has 1 aromatic carbocycles. The molecule has 2 N–H and O–H groups in total. The fraction of sp³-hybridized carbons (Fsp3) is 0.231. The van der Waals surface area contributed by atoms with Crippen molar-refractivity contribution < 1.29 is 5.11 Å². The van der Waals surface area contributed by atoms with E-state index >= 15 is 0 Å². The molecule has 0 aliphatic carbocycles. The minimum atomic E-state index is -0.419. The van der Waals surface area contributed by atoms with Crippen molar-refractivity contribution in [3.63, 3.8) is 0 Å². The summed E-state index contributed by atoms with van der Waals surface area (Å²) in [5.41, 5.74) is 1.10. The van der Waals surface area contributed by atoms with Gasteiger partial charge < -0.3 is 10.4 Å². The number of hydrogen-bond donors (Lipinski definition) is 2. The first-order chi connectivity index (χ1) is 9.63. The predicted octanol–water partition coefficient (Wildman–Crippen LogP) is 2.26. The van der Waals surface area contributed by atoms with Crippen LogP contribution in [-0.4, -0.2) is 21.5 Å². The van der Waals surface area contributed by atoms with Gasteiger partial charge in [-0.05, 0) is 11.6 Å². The van der Waals surface area contributed by atoms with Crippen molar-refractivity contribution in [2.24, 2.45) is 0 Å². The zero-order chi connectivity index (χ0) is 14.5. The number of halogens is 2. The van der Waals surface area contributed by atoms with Crippen molar-refractivity contribution in [1.29, 1.82) is 0 Å². The van der Waals surface area contributed by atoms with E-state index in [1.807, 2.05) is 24.3 Å². The van der Waals surface area contributed by atoms with Crippen LogP contribution in [0.3, 0.4) is 0 Å². The molecular weight excluding hydrogens is 346 g/mol. The topological polar surface area (TPSA) is 67.2 Å². The molecule has 0 spiro atoms. The van der Waals surface area contributed by atoms with Crippen molar-refractivity contribution in [1.82, 2.24) is 9.78 Å². The molecule has 0 saturated carbocycles. The molecule has 0 bridgehead atoms. The molecule has 20 heavy (non-hydrogen) atoms. The van der Waals surface area contributed by atoms with Crippen LogP contribution in [0.5, 0.6) is 0 Å². The second kappa shape index (κ2) is 6.88. The van der Waals surface area contributed by atoms with Gasteiger partial charge in [-0.3, -0.25) is 4.79 Å². The van der Waals surface area contributed by atoms with E-state index in [9.17, 15) is 4.79 Å².